The fourth-order valence-electron chi connectivity index (χ4n) is 3.42. The Bertz CT molecular complexity index is 1120. The summed E-state index contributed by atoms with van der Waals surface area (Å²) in [5.41, 5.74) is 6.95. The quantitative estimate of drug-likeness (QED) is 0.626. The van der Waals surface area contributed by atoms with Gasteiger partial charge in [0.25, 0.3) is 11.5 Å². The number of para-hydroxylation sites is 1. The van der Waals surface area contributed by atoms with Crippen LogP contribution >= 0.6 is 11.3 Å². The van der Waals surface area contributed by atoms with Crippen molar-refractivity contribution in [3.05, 3.63) is 56.4 Å². The fourth-order valence-corrected chi connectivity index (χ4v) is 4.70. The predicted octanol–water partition coefficient (Wildman–Crippen LogP) is 2.14. The van der Waals surface area contributed by atoms with E-state index in [0.29, 0.717) is 23.3 Å². The van der Waals surface area contributed by atoms with Crippen molar-refractivity contribution in [3.8, 4) is 0 Å². The lowest BCUT2D eigenvalue weighted by molar-refractivity contribution is -0.116. The number of nitrogens with one attached hydrogen (secondary N) is 2. The molecule has 7 nitrogen and oxygen atoms in total. The van der Waals surface area contributed by atoms with Gasteiger partial charge in [-0.15, -0.1) is 11.3 Å². The number of hydrogen-bond donors (Lipinski definition) is 3. The van der Waals surface area contributed by atoms with E-state index in [9.17, 15) is 14.4 Å². The lowest BCUT2D eigenvalue weighted by Gasteiger charge is -2.08. The van der Waals surface area contributed by atoms with Crippen LogP contribution in [0, 0.1) is 0 Å². The van der Waals surface area contributed by atoms with Crippen molar-refractivity contribution in [3.63, 3.8) is 0 Å². The Kier molecular flexibility index (Phi) is 4.49. The molecule has 0 fully saturated rings. The van der Waals surface area contributed by atoms with Crippen LogP contribution in [-0.2, 0) is 24.1 Å². The largest absolute Gasteiger partial charge is 0.366 e. The van der Waals surface area contributed by atoms with Crippen LogP contribution in [0.2, 0.25) is 0 Å². The van der Waals surface area contributed by atoms with Gasteiger partial charge in [-0.1, -0.05) is 12.1 Å². The average Bonchev–Trinajstić information content (AvgIpc) is 3.21. The maximum atomic E-state index is 12.4. The summed E-state index contributed by atoms with van der Waals surface area (Å²) in [4.78, 5) is 45.4. The van der Waals surface area contributed by atoms with Gasteiger partial charge in [-0.05, 0) is 37.0 Å². The number of nitrogens with zero attached hydrogens (tertiary/aromatic N) is 1. The van der Waals surface area contributed by atoms with Gasteiger partial charge in [0.1, 0.15) is 10.7 Å². The molecule has 2 heterocycles. The molecule has 1 aliphatic carbocycles. The van der Waals surface area contributed by atoms with Gasteiger partial charge >= 0.3 is 0 Å². The first-order chi connectivity index (χ1) is 13.0. The normalized spacial score (nSPS) is 12.9. The molecule has 1 aliphatic rings. The highest BCUT2D eigenvalue weighted by Gasteiger charge is 2.21. The van der Waals surface area contributed by atoms with Crippen molar-refractivity contribution < 1.29 is 9.59 Å². The third kappa shape index (κ3) is 3.35. The van der Waals surface area contributed by atoms with Crippen LogP contribution in [0.15, 0.2) is 29.1 Å². The Hall–Kier alpha value is -3.00. The number of aromatic nitrogens is 2. The van der Waals surface area contributed by atoms with Gasteiger partial charge in [-0.2, -0.15) is 0 Å². The smallest absolute Gasteiger partial charge is 0.259 e. The number of amides is 2. The molecule has 0 atom stereocenters. The van der Waals surface area contributed by atoms with Gasteiger partial charge in [-0.25, -0.2) is 4.98 Å². The number of primary amides is 1. The lowest BCUT2D eigenvalue weighted by Crippen LogP contribution is -2.19. The van der Waals surface area contributed by atoms with E-state index in [1.807, 2.05) is 0 Å². The molecule has 2 amide bonds. The minimum atomic E-state index is -0.604. The molecule has 0 bridgehead atoms. The molecule has 0 unspecified atom stereocenters. The highest BCUT2D eigenvalue weighted by molar-refractivity contribution is 7.18. The Labute approximate surface area is 158 Å². The number of aryl methyl sites for hydroxylation is 3. The maximum absolute atomic E-state index is 12.4. The second kappa shape index (κ2) is 6.96. The highest BCUT2D eigenvalue weighted by Crippen LogP contribution is 2.34. The van der Waals surface area contributed by atoms with Crippen LogP contribution in [0.4, 0.5) is 5.69 Å². The lowest BCUT2D eigenvalue weighted by atomic mass is 10.1. The van der Waals surface area contributed by atoms with Crippen molar-refractivity contribution in [1.29, 1.82) is 0 Å². The molecule has 4 rings (SSSR count). The van der Waals surface area contributed by atoms with E-state index in [4.69, 9.17) is 5.73 Å². The number of thiophene rings is 1. The monoisotopic (exact) mass is 382 g/mol. The van der Waals surface area contributed by atoms with Crippen LogP contribution in [-0.4, -0.2) is 21.8 Å². The van der Waals surface area contributed by atoms with Crippen LogP contribution in [0.25, 0.3) is 10.2 Å². The van der Waals surface area contributed by atoms with Gasteiger partial charge in [0.2, 0.25) is 5.91 Å². The van der Waals surface area contributed by atoms with Gasteiger partial charge in [0, 0.05) is 17.7 Å². The van der Waals surface area contributed by atoms with E-state index >= 15 is 0 Å². The number of carbonyl (C=O) groups is 2. The van der Waals surface area contributed by atoms with E-state index in [2.05, 4.69) is 15.3 Å². The van der Waals surface area contributed by atoms with Gasteiger partial charge in [0.05, 0.1) is 16.6 Å². The number of benzene rings is 1. The molecule has 0 aliphatic heterocycles. The number of fused-ring (bicyclic) bond motifs is 3. The number of carbonyl (C=O) groups excluding carboxylic acids is 2. The summed E-state index contributed by atoms with van der Waals surface area (Å²) in [6, 6.07) is 6.57. The Morgan fingerprint density at radius 2 is 2.07 bits per heavy atom. The number of H-pyrrole nitrogens is 1. The molecule has 0 saturated heterocycles. The first-order valence-electron chi connectivity index (χ1n) is 8.75. The topological polar surface area (TPSA) is 118 Å². The van der Waals surface area contributed by atoms with Crippen molar-refractivity contribution in [2.75, 3.05) is 5.32 Å². The van der Waals surface area contributed by atoms with Crippen molar-refractivity contribution in [2.45, 2.75) is 32.1 Å². The minimum absolute atomic E-state index is 0.131. The van der Waals surface area contributed by atoms with Gasteiger partial charge < -0.3 is 16.0 Å². The number of rotatable bonds is 5. The van der Waals surface area contributed by atoms with E-state index in [0.717, 1.165) is 29.7 Å². The first kappa shape index (κ1) is 17.4. The van der Waals surface area contributed by atoms with Crippen molar-refractivity contribution in [2.24, 2.45) is 5.73 Å². The predicted molar refractivity (Wildman–Crippen MR) is 104 cm³/mol. The second-order valence-electron chi connectivity index (χ2n) is 6.51. The molecule has 1 aromatic carbocycles. The standard InChI is InChI=1S/C19H18N4O3S/c20-17(25)10-4-1-2-6-12(10)21-15(24)9-8-14-22-18(26)16-11-5-3-7-13(11)27-19(16)23-14/h1-2,4,6H,3,5,7-9H2,(H2,20,25)(H,21,24)(H,22,23,26). The Morgan fingerprint density at radius 1 is 1.26 bits per heavy atom. The van der Waals surface area contributed by atoms with E-state index in [1.165, 1.54) is 4.88 Å². The molecule has 4 N–H and O–H groups in total. The van der Waals surface area contributed by atoms with Crippen LogP contribution in [0.1, 0.15) is 39.5 Å². The summed E-state index contributed by atoms with van der Waals surface area (Å²) in [6.45, 7) is 0. The third-order valence-electron chi connectivity index (χ3n) is 4.68. The SMILES string of the molecule is NC(=O)c1ccccc1NC(=O)CCc1nc2sc3c(c2c(=O)[nH]1)CCC3. The molecule has 0 radical (unpaired) electrons. The van der Waals surface area contributed by atoms with Crippen LogP contribution in [0.5, 0.6) is 0 Å². The maximum Gasteiger partial charge on any atom is 0.259 e. The summed E-state index contributed by atoms with van der Waals surface area (Å²) in [6.07, 6.45) is 3.46. The highest BCUT2D eigenvalue weighted by atomic mass is 32.1. The number of hydrogen-bond acceptors (Lipinski definition) is 5. The van der Waals surface area contributed by atoms with E-state index in [1.54, 1.807) is 35.6 Å². The Morgan fingerprint density at radius 3 is 2.89 bits per heavy atom. The van der Waals surface area contributed by atoms with Crippen molar-refractivity contribution >= 4 is 39.1 Å². The van der Waals surface area contributed by atoms with Crippen LogP contribution < -0.4 is 16.6 Å². The molecule has 0 spiro atoms. The van der Waals surface area contributed by atoms with Gasteiger partial charge in [0.15, 0.2) is 0 Å². The molecular formula is C19H18N4O3S. The van der Waals surface area contributed by atoms with Crippen molar-refractivity contribution in [1.82, 2.24) is 9.97 Å². The molecule has 138 valence electrons. The van der Waals surface area contributed by atoms with Gasteiger partial charge in [-0.3, -0.25) is 14.4 Å². The molecular weight excluding hydrogens is 364 g/mol. The second-order valence-corrected chi connectivity index (χ2v) is 7.59. The zero-order valence-corrected chi connectivity index (χ0v) is 15.3. The molecule has 8 heteroatoms. The molecule has 2 aromatic heterocycles. The van der Waals surface area contributed by atoms with Crippen LogP contribution in [0.3, 0.4) is 0 Å². The Balaban J connectivity index is 1.48. The van der Waals surface area contributed by atoms with E-state index in [-0.39, 0.29) is 23.5 Å². The zero-order valence-electron chi connectivity index (χ0n) is 14.5. The fraction of sp³-hybridized carbons (Fsp3) is 0.263. The number of nitrogens with two attached hydrogens (primary N) is 1. The summed E-state index contributed by atoms with van der Waals surface area (Å²) in [7, 11) is 0. The molecule has 0 saturated carbocycles. The number of anilines is 1. The average molecular weight is 382 g/mol. The minimum Gasteiger partial charge on any atom is -0.366 e. The summed E-state index contributed by atoms with van der Waals surface area (Å²) >= 11 is 1.57. The summed E-state index contributed by atoms with van der Waals surface area (Å²) in [5.74, 6) is -0.390. The third-order valence-corrected chi connectivity index (χ3v) is 5.87. The summed E-state index contributed by atoms with van der Waals surface area (Å²) < 4.78 is 0. The van der Waals surface area contributed by atoms with E-state index < -0.39 is 5.91 Å². The molecule has 27 heavy (non-hydrogen) atoms. The molecule has 3 aromatic rings. The summed E-state index contributed by atoms with van der Waals surface area (Å²) in [5, 5.41) is 3.39. The first-order valence-corrected chi connectivity index (χ1v) is 9.56. The number of aromatic amines is 1. The zero-order chi connectivity index (χ0) is 19.0.